The molecule has 3 unspecified atom stereocenters. The number of carbonyl (C=O) groups is 1. The van der Waals surface area contributed by atoms with Crippen molar-refractivity contribution in [1.82, 2.24) is 10.6 Å². The summed E-state index contributed by atoms with van der Waals surface area (Å²) < 4.78 is 0. The number of allylic oxidation sites excluding steroid dienone is 2. The highest BCUT2D eigenvalue weighted by Crippen LogP contribution is 2.32. The summed E-state index contributed by atoms with van der Waals surface area (Å²) in [5, 5.41) is 6.68. The second-order valence-corrected chi connectivity index (χ2v) is 5.55. The predicted molar refractivity (Wildman–Crippen MR) is 78.1 cm³/mol. The lowest BCUT2D eigenvalue weighted by Crippen LogP contribution is -2.39. The highest BCUT2D eigenvalue weighted by Gasteiger charge is 2.39. The van der Waals surface area contributed by atoms with E-state index in [0.29, 0.717) is 18.0 Å². The van der Waals surface area contributed by atoms with Crippen molar-refractivity contribution >= 4 is 12.6 Å². The third kappa shape index (κ3) is 3.32. The highest BCUT2D eigenvalue weighted by molar-refractivity contribution is 5.93. The first-order valence-corrected chi connectivity index (χ1v) is 6.97. The third-order valence-electron chi connectivity index (χ3n) is 4.12. The maximum Gasteiger partial charge on any atom is 0.247 e. The van der Waals surface area contributed by atoms with Crippen molar-refractivity contribution in [3.05, 3.63) is 23.4 Å². The largest absolute Gasteiger partial charge is 0.349 e. The zero-order chi connectivity index (χ0) is 13.8. The fourth-order valence-corrected chi connectivity index (χ4v) is 3.21. The fraction of sp³-hybridized carbons (Fsp3) is 0.600. The van der Waals surface area contributed by atoms with Crippen molar-refractivity contribution in [3.8, 4) is 0 Å². The van der Waals surface area contributed by atoms with Crippen molar-refractivity contribution in [2.45, 2.75) is 45.2 Å². The molecule has 0 aromatic heterocycles. The van der Waals surface area contributed by atoms with Crippen LogP contribution in [0, 0.1) is 5.92 Å². The Morgan fingerprint density at radius 2 is 2.16 bits per heavy atom. The molecule has 1 heterocycles. The number of rotatable bonds is 4. The molecule has 0 aromatic carbocycles. The van der Waals surface area contributed by atoms with Crippen LogP contribution < -0.4 is 10.6 Å². The van der Waals surface area contributed by atoms with Gasteiger partial charge in [0.1, 0.15) is 0 Å². The molecule has 0 radical (unpaired) electrons. The van der Waals surface area contributed by atoms with Gasteiger partial charge in [-0.15, -0.1) is 0 Å². The van der Waals surface area contributed by atoms with Gasteiger partial charge in [-0.05, 0) is 63.9 Å². The summed E-state index contributed by atoms with van der Waals surface area (Å²) in [4.78, 5) is 15.9. The molecule has 2 aliphatic rings. The van der Waals surface area contributed by atoms with Gasteiger partial charge < -0.3 is 10.6 Å². The lowest BCUT2D eigenvalue weighted by molar-refractivity contribution is -0.118. The van der Waals surface area contributed by atoms with E-state index in [0.717, 1.165) is 24.1 Å². The number of hydrogen-bond donors (Lipinski definition) is 2. The van der Waals surface area contributed by atoms with Crippen LogP contribution in [0.25, 0.3) is 0 Å². The smallest absolute Gasteiger partial charge is 0.247 e. The number of aliphatic imine (C=N–C) groups is 1. The molecule has 4 nitrogen and oxygen atoms in total. The van der Waals surface area contributed by atoms with E-state index in [4.69, 9.17) is 0 Å². The molecule has 2 rings (SSSR count). The van der Waals surface area contributed by atoms with E-state index < -0.39 is 0 Å². The van der Waals surface area contributed by atoms with Crippen LogP contribution in [-0.4, -0.2) is 31.3 Å². The van der Waals surface area contributed by atoms with E-state index in [1.165, 1.54) is 12.8 Å². The molecule has 1 aliphatic carbocycles. The summed E-state index contributed by atoms with van der Waals surface area (Å²) in [6, 6.07) is 0.943. The molecule has 4 heteroatoms. The first-order chi connectivity index (χ1) is 9.11. The Labute approximate surface area is 115 Å². The van der Waals surface area contributed by atoms with Crippen molar-refractivity contribution in [1.29, 1.82) is 0 Å². The Morgan fingerprint density at radius 3 is 2.89 bits per heavy atom. The summed E-state index contributed by atoms with van der Waals surface area (Å²) in [6.45, 7) is 8.25. The molecule has 2 N–H and O–H groups in total. The van der Waals surface area contributed by atoms with Crippen molar-refractivity contribution in [3.63, 3.8) is 0 Å². The zero-order valence-electron chi connectivity index (χ0n) is 11.8. The van der Waals surface area contributed by atoms with Gasteiger partial charge in [-0.2, -0.15) is 0 Å². The Kier molecular flexibility index (Phi) is 4.53. The topological polar surface area (TPSA) is 53.5 Å². The van der Waals surface area contributed by atoms with Gasteiger partial charge in [-0.3, -0.25) is 9.79 Å². The minimum Gasteiger partial charge on any atom is -0.349 e. The number of nitrogens with zero attached hydrogens (tertiary/aromatic N) is 1. The lowest BCUT2D eigenvalue weighted by atomic mass is 9.99. The quantitative estimate of drug-likeness (QED) is 0.460. The molecule has 3 atom stereocenters. The van der Waals surface area contributed by atoms with Crippen LogP contribution in [0.15, 0.2) is 28.4 Å². The van der Waals surface area contributed by atoms with E-state index >= 15 is 0 Å². The first kappa shape index (κ1) is 14.0. The maximum atomic E-state index is 12.2. The van der Waals surface area contributed by atoms with Gasteiger partial charge in [-0.1, -0.05) is 0 Å². The monoisotopic (exact) mass is 261 g/mol. The molecular weight excluding hydrogens is 238 g/mol. The minimum atomic E-state index is 0.0364. The lowest BCUT2D eigenvalue weighted by Gasteiger charge is -2.19. The number of carbonyl (C=O) groups excluding carboxylic acids is 1. The Balaban J connectivity index is 1.94. The summed E-state index contributed by atoms with van der Waals surface area (Å²) in [7, 11) is 0. The van der Waals surface area contributed by atoms with E-state index in [-0.39, 0.29) is 5.91 Å². The molecule has 2 fully saturated rings. The van der Waals surface area contributed by atoms with Crippen LogP contribution >= 0.6 is 0 Å². The first-order valence-electron chi connectivity index (χ1n) is 6.97. The van der Waals surface area contributed by atoms with Crippen molar-refractivity contribution < 1.29 is 4.79 Å². The molecule has 104 valence electrons. The van der Waals surface area contributed by atoms with Crippen molar-refractivity contribution in [2.24, 2.45) is 10.9 Å². The summed E-state index contributed by atoms with van der Waals surface area (Å²) >= 11 is 0. The fourth-order valence-electron chi connectivity index (χ4n) is 3.21. The summed E-state index contributed by atoms with van der Waals surface area (Å²) in [5.74, 6) is 0.651. The molecule has 0 aromatic rings. The van der Waals surface area contributed by atoms with Gasteiger partial charge in [0.05, 0.1) is 0 Å². The van der Waals surface area contributed by atoms with Crippen LogP contribution in [0.1, 0.15) is 33.1 Å². The van der Waals surface area contributed by atoms with Crippen LogP contribution in [0.5, 0.6) is 0 Å². The van der Waals surface area contributed by atoms with E-state index in [1.807, 2.05) is 19.9 Å². The molecular formula is C15H23N3O. The van der Waals surface area contributed by atoms with Gasteiger partial charge in [0.2, 0.25) is 5.91 Å². The SMILES string of the molecule is C=NC=C(C)C=C(C)C(=O)NC1CCC2NCCC21. The third-order valence-corrected chi connectivity index (χ3v) is 4.12. The highest BCUT2D eigenvalue weighted by atomic mass is 16.1. The molecule has 0 spiro atoms. The van der Waals surface area contributed by atoms with Gasteiger partial charge in [-0.25, -0.2) is 0 Å². The number of fused-ring (bicyclic) bond motifs is 1. The molecule has 1 saturated heterocycles. The van der Waals surface area contributed by atoms with E-state index in [2.05, 4.69) is 22.3 Å². The second kappa shape index (κ2) is 6.15. The molecule has 1 saturated carbocycles. The van der Waals surface area contributed by atoms with E-state index in [9.17, 15) is 4.79 Å². The molecule has 19 heavy (non-hydrogen) atoms. The minimum absolute atomic E-state index is 0.0364. The second-order valence-electron chi connectivity index (χ2n) is 5.55. The van der Waals surface area contributed by atoms with Gasteiger partial charge in [0.15, 0.2) is 0 Å². The number of hydrogen-bond acceptors (Lipinski definition) is 3. The van der Waals surface area contributed by atoms with Gasteiger partial charge in [0, 0.05) is 23.9 Å². The van der Waals surface area contributed by atoms with Crippen LogP contribution in [-0.2, 0) is 4.79 Å². The van der Waals surface area contributed by atoms with E-state index in [1.54, 1.807) is 6.20 Å². The van der Waals surface area contributed by atoms with Crippen LogP contribution in [0.4, 0.5) is 0 Å². The Morgan fingerprint density at radius 1 is 1.37 bits per heavy atom. The molecule has 1 aliphatic heterocycles. The standard InChI is InChI=1S/C15H23N3O/c1-10(9-16-3)8-11(2)15(19)18-14-5-4-13-12(14)6-7-17-13/h8-9,12-14,17H,3-7H2,1-2H3,(H,18,19). The number of nitrogens with one attached hydrogen (secondary N) is 2. The Hall–Kier alpha value is -1.42. The molecule has 1 amide bonds. The summed E-state index contributed by atoms with van der Waals surface area (Å²) in [6.07, 6.45) is 6.95. The predicted octanol–water partition coefficient (Wildman–Crippen LogP) is 1.79. The van der Waals surface area contributed by atoms with Crippen LogP contribution in [0.2, 0.25) is 0 Å². The number of amides is 1. The van der Waals surface area contributed by atoms with Crippen molar-refractivity contribution in [2.75, 3.05) is 6.54 Å². The summed E-state index contributed by atoms with van der Waals surface area (Å²) in [5.41, 5.74) is 1.67. The molecule has 0 bridgehead atoms. The zero-order valence-corrected chi connectivity index (χ0v) is 11.8. The van der Waals surface area contributed by atoms with Crippen LogP contribution in [0.3, 0.4) is 0 Å². The average molecular weight is 261 g/mol. The normalized spacial score (nSPS) is 31.2. The average Bonchev–Trinajstić information content (AvgIpc) is 2.94. The maximum absolute atomic E-state index is 12.2. The van der Waals surface area contributed by atoms with Gasteiger partial charge >= 0.3 is 0 Å². The Bertz CT molecular complexity index is 425. The van der Waals surface area contributed by atoms with Gasteiger partial charge in [0.25, 0.3) is 0 Å².